The highest BCUT2D eigenvalue weighted by atomic mass is 16.2. The summed E-state index contributed by atoms with van der Waals surface area (Å²) in [7, 11) is 0. The van der Waals surface area contributed by atoms with Crippen LogP contribution < -0.4 is 16.4 Å². The molecule has 128 valence electrons. The Bertz CT molecular complexity index is 674. The number of rotatable bonds is 6. The van der Waals surface area contributed by atoms with Crippen LogP contribution in [0, 0.1) is 0 Å². The number of nitrogens with zero attached hydrogens (tertiary/aromatic N) is 1. The third-order valence-corrected chi connectivity index (χ3v) is 4.53. The van der Waals surface area contributed by atoms with Gasteiger partial charge in [0.25, 0.3) is 5.91 Å². The molecule has 7 heteroatoms. The van der Waals surface area contributed by atoms with E-state index in [1.807, 2.05) is 12.1 Å². The Morgan fingerprint density at radius 1 is 1.25 bits per heavy atom. The summed E-state index contributed by atoms with van der Waals surface area (Å²) in [5.74, 6) is -0.808. The van der Waals surface area contributed by atoms with Crippen LogP contribution in [0.5, 0.6) is 0 Å². The van der Waals surface area contributed by atoms with Crippen molar-refractivity contribution in [3.8, 4) is 0 Å². The molecule has 7 nitrogen and oxygen atoms in total. The minimum absolute atomic E-state index is 0.148. The van der Waals surface area contributed by atoms with E-state index >= 15 is 0 Å². The summed E-state index contributed by atoms with van der Waals surface area (Å²) in [4.78, 5) is 37.6. The Morgan fingerprint density at radius 2 is 2.08 bits per heavy atom. The number of fused-ring (bicyclic) bond motifs is 1. The highest BCUT2D eigenvalue weighted by molar-refractivity contribution is 6.06. The summed E-state index contributed by atoms with van der Waals surface area (Å²) in [5, 5.41) is 5.67. The van der Waals surface area contributed by atoms with Crippen LogP contribution >= 0.6 is 0 Å². The van der Waals surface area contributed by atoms with Gasteiger partial charge >= 0.3 is 0 Å². The monoisotopic (exact) mass is 330 g/mol. The van der Waals surface area contributed by atoms with Crippen molar-refractivity contribution in [2.45, 2.75) is 38.3 Å². The van der Waals surface area contributed by atoms with Crippen molar-refractivity contribution in [3.63, 3.8) is 0 Å². The van der Waals surface area contributed by atoms with Crippen LogP contribution in [-0.4, -0.2) is 41.8 Å². The van der Waals surface area contributed by atoms with Crippen molar-refractivity contribution in [1.29, 1.82) is 0 Å². The molecule has 2 heterocycles. The molecule has 1 aromatic rings. The molecule has 3 rings (SSSR count). The maximum atomic E-state index is 12.7. The normalized spacial score (nSPS) is 20.1. The molecule has 4 N–H and O–H groups in total. The summed E-state index contributed by atoms with van der Waals surface area (Å²) in [6, 6.07) is 5.00. The quantitative estimate of drug-likeness (QED) is 0.523. The number of nitrogens with one attached hydrogen (secondary N) is 2. The maximum absolute atomic E-state index is 12.7. The van der Waals surface area contributed by atoms with Gasteiger partial charge in [-0.05, 0) is 37.9 Å². The topological polar surface area (TPSA) is 105 Å². The summed E-state index contributed by atoms with van der Waals surface area (Å²) < 4.78 is 0. The fourth-order valence-electron chi connectivity index (χ4n) is 3.24. The van der Waals surface area contributed by atoms with E-state index in [2.05, 4.69) is 10.6 Å². The second kappa shape index (κ2) is 7.00. The van der Waals surface area contributed by atoms with E-state index in [1.54, 1.807) is 11.0 Å². The zero-order valence-electron chi connectivity index (χ0n) is 13.5. The molecule has 0 saturated carbocycles. The average molecular weight is 330 g/mol. The van der Waals surface area contributed by atoms with Gasteiger partial charge in [0.15, 0.2) is 0 Å². The first kappa shape index (κ1) is 16.4. The largest absolute Gasteiger partial charge is 0.385 e. The molecule has 1 atom stereocenters. The molecule has 0 aromatic heterocycles. The maximum Gasteiger partial charge on any atom is 0.255 e. The molecule has 0 bridgehead atoms. The third-order valence-electron chi connectivity index (χ3n) is 4.53. The van der Waals surface area contributed by atoms with Crippen LogP contribution in [0.1, 0.15) is 41.6 Å². The molecule has 1 saturated heterocycles. The van der Waals surface area contributed by atoms with E-state index in [9.17, 15) is 14.4 Å². The number of carbonyl (C=O) groups excluding carboxylic acids is 3. The number of unbranched alkanes of at least 4 members (excludes halogenated alkanes) is 1. The Balaban J connectivity index is 1.75. The number of anilines is 1. The van der Waals surface area contributed by atoms with Gasteiger partial charge in [-0.3, -0.25) is 19.7 Å². The van der Waals surface area contributed by atoms with Gasteiger partial charge in [-0.2, -0.15) is 0 Å². The van der Waals surface area contributed by atoms with Crippen molar-refractivity contribution < 1.29 is 14.4 Å². The summed E-state index contributed by atoms with van der Waals surface area (Å²) in [5.41, 5.74) is 7.97. The predicted molar refractivity (Wildman–Crippen MR) is 89.3 cm³/mol. The first-order valence-corrected chi connectivity index (χ1v) is 8.32. The molecule has 0 radical (unpaired) electrons. The van der Waals surface area contributed by atoms with Gasteiger partial charge in [0.05, 0.1) is 0 Å². The zero-order chi connectivity index (χ0) is 17.1. The summed E-state index contributed by atoms with van der Waals surface area (Å²) in [6.07, 6.45) is 2.55. The lowest BCUT2D eigenvalue weighted by Crippen LogP contribution is -2.52. The number of nitrogens with two attached hydrogens (primary N) is 1. The predicted octanol–water partition coefficient (Wildman–Crippen LogP) is 0.598. The van der Waals surface area contributed by atoms with Gasteiger partial charge in [-0.1, -0.05) is 6.07 Å². The first-order chi connectivity index (χ1) is 11.6. The molecule has 0 spiro atoms. The Morgan fingerprint density at radius 3 is 2.83 bits per heavy atom. The van der Waals surface area contributed by atoms with E-state index in [0.29, 0.717) is 25.1 Å². The van der Waals surface area contributed by atoms with E-state index in [0.717, 1.165) is 30.6 Å². The molecule has 1 fully saturated rings. The number of benzene rings is 1. The molecule has 3 amide bonds. The highest BCUT2D eigenvalue weighted by Gasteiger charge is 2.39. The fourth-order valence-corrected chi connectivity index (χ4v) is 3.24. The molecule has 2 aliphatic heterocycles. The summed E-state index contributed by atoms with van der Waals surface area (Å²) in [6.45, 7) is 1.84. The number of amides is 3. The second-order valence-electron chi connectivity index (χ2n) is 6.15. The lowest BCUT2D eigenvalue weighted by Gasteiger charge is -2.29. The molecule has 1 aromatic carbocycles. The highest BCUT2D eigenvalue weighted by Crippen LogP contribution is 2.32. The molecular weight excluding hydrogens is 308 g/mol. The van der Waals surface area contributed by atoms with Gasteiger partial charge in [0.1, 0.15) is 6.04 Å². The van der Waals surface area contributed by atoms with Crippen LogP contribution in [0.2, 0.25) is 0 Å². The van der Waals surface area contributed by atoms with Gasteiger partial charge in [-0.15, -0.1) is 0 Å². The number of imide groups is 1. The minimum atomic E-state index is -0.576. The van der Waals surface area contributed by atoms with E-state index in [1.165, 1.54) is 0 Å². The fraction of sp³-hybridized carbons (Fsp3) is 0.471. The number of hydrogen-bond donors (Lipinski definition) is 3. The third kappa shape index (κ3) is 3.12. The van der Waals surface area contributed by atoms with Gasteiger partial charge in [0.2, 0.25) is 11.8 Å². The molecular formula is C17H22N4O3. The van der Waals surface area contributed by atoms with E-state index < -0.39 is 6.04 Å². The Hall–Kier alpha value is -2.41. The van der Waals surface area contributed by atoms with Crippen molar-refractivity contribution >= 4 is 23.4 Å². The van der Waals surface area contributed by atoms with Crippen LogP contribution in [0.4, 0.5) is 5.69 Å². The van der Waals surface area contributed by atoms with Crippen molar-refractivity contribution in [3.05, 3.63) is 29.3 Å². The standard InChI is InChI=1S/C17H22N4O3/c18-8-1-2-9-19-13-5-3-4-11-12(13)10-21(17(11)24)14-6-7-15(22)20-16(14)23/h3-5,14,19H,1-2,6-10,18H2,(H,20,22,23). The smallest absolute Gasteiger partial charge is 0.255 e. The van der Waals surface area contributed by atoms with Gasteiger partial charge in [0, 0.05) is 36.3 Å². The Labute approximate surface area is 140 Å². The van der Waals surface area contributed by atoms with Crippen molar-refractivity contribution in [2.75, 3.05) is 18.4 Å². The number of piperidine rings is 1. The molecule has 2 aliphatic rings. The SMILES string of the molecule is NCCCCNc1cccc2c1CN(C1CCC(=O)NC1=O)C2=O. The minimum Gasteiger partial charge on any atom is -0.385 e. The van der Waals surface area contributed by atoms with Crippen molar-refractivity contribution in [1.82, 2.24) is 10.2 Å². The van der Waals surface area contributed by atoms with Crippen LogP contribution in [0.3, 0.4) is 0 Å². The molecule has 1 unspecified atom stereocenters. The van der Waals surface area contributed by atoms with E-state index in [4.69, 9.17) is 5.73 Å². The number of hydrogen-bond acceptors (Lipinski definition) is 5. The van der Waals surface area contributed by atoms with Gasteiger partial charge in [-0.25, -0.2) is 0 Å². The van der Waals surface area contributed by atoms with Crippen LogP contribution in [0.15, 0.2) is 18.2 Å². The first-order valence-electron chi connectivity index (χ1n) is 8.32. The zero-order valence-corrected chi connectivity index (χ0v) is 13.5. The number of carbonyl (C=O) groups is 3. The summed E-state index contributed by atoms with van der Waals surface area (Å²) >= 11 is 0. The van der Waals surface area contributed by atoms with Crippen LogP contribution in [-0.2, 0) is 16.1 Å². The lowest BCUT2D eigenvalue weighted by molar-refractivity contribution is -0.136. The van der Waals surface area contributed by atoms with Crippen LogP contribution in [0.25, 0.3) is 0 Å². The molecule has 24 heavy (non-hydrogen) atoms. The van der Waals surface area contributed by atoms with Gasteiger partial charge < -0.3 is 16.0 Å². The van der Waals surface area contributed by atoms with Crippen molar-refractivity contribution in [2.24, 2.45) is 5.73 Å². The second-order valence-corrected chi connectivity index (χ2v) is 6.15. The average Bonchev–Trinajstić information content (AvgIpc) is 2.89. The Kier molecular flexibility index (Phi) is 4.80. The lowest BCUT2D eigenvalue weighted by atomic mass is 10.0. The van der Waals surface area contributed by atoms with E-state index in [-0.39, 0.29) is 24.1 Å². The molecule has 0 aliphatic carbocycles.